The minimum atomic E-state index is -0.255. The Bertz CT molecular complexity index is 1160. The number of ether oxygens (including phenoxy) is 1. The molecule has 5 rings (SSSR count). The van der Waals surface area contributed by atoms with Crippen LogP contribution in [0.15, 0.2) is 60.7 Å². The Labute approximate surface area is 180 Å². The number of fused-ring (bicyclic) bond motifs is 1. The quantitative estimate of drug-likeness (QED) is 0.658. The molecule has 2 aliphatic rings. The van der Waals surface area contributed by atoms with Crippen molar-refractivity contribution in [2.75, 3.05) is 18.1 Å². The Morgan fingerprint density at radius 2 is 1.84 bits per heavy atom. The van der Waals surface area contributed by atoms with Crippen LogP contribution < -0.4 is 9.64 Å². The Balaban J connectivity index is 1.61. The van der Waals surface area contributed by atoms with Crippen LogP contribution in [-0.4, -0.2) is 35.3 Å². The molecule has 1 aliphatic heterocycles. The van der Waals surface area contributed by atoms with E-state index in [9.17, 15) is 15.2 Å². The van der Waals surface area contributed by atoms with Crippen molar-refractivity contribution >= 4 is 11.6 Å². The number of carbonyl (C=O) groups is 1. The number of pyridine rings is 1. The lowest BCUT2D eigenvalue weighted by Crippen LogP contribution is -2.39. The molecule has 1 aromatic heterocycles. The number of nitriles is 1. The molecular formula is C25H21N3O3. The molecule has 0 bridgehead atoms. The van der Waals surface area contributed by atoms with E-state index in [0.29, 0.717) is 17.5 Å². The molecule has 3 aromatic rings. The summed E-state index contributed by atoms with van der Waals surface area (Å²) in [7, 11) is 0. The molecule has 6 heteroatoms. The van der Waals surface area contributed by atoms with Crippen LogP contribution in [0.3, 0.4) is 0 Å². The second kappa shape index (κ2) is 7.86. The molecule has 0 radical (unpaired) electrons. The Morgan fingerprint density at radius 1 is 1.10 bits per heavy atom. The van der Waals surface area contributed by atoms with Crippen molar-refractivity contribution in [3.63, 3.8) is 0 Å². The van der Waals surface area contributed by atoms with E-state index in [0.717, 1.165) is 35.2 Å². The molecule has 1 aliphatic carbocycles. The van der Waals surface area contributed by atoms with Gasteiger partial charge in [0.15, 0.2) is 6.61 Å². The zero-order valence-electron chi connectivity index (χ0n) is 16.9. The summed E-state index contributed by atoms with van der Waals surface area (Å²) in [6, 6.07) is 22.1. The van der Waals surface area contributed by atoms with Crippen LogP contribution in [-0.2, 0) is 4.79 Å². The average Bonchev–Trinajstić information content (AvgIpc) is 2.79. The van der Waals surface area contributed by atoms with E-state index in [4.69, 9.17) is 9.72 Å². The molecule has 1 fully saturated rings. The number of hydrogen-bond donors (Lipinski definition) is 1. The first-order valence-corrected chi connectivity index (χ1v) is 10.3. The summed E-state index contributed by atoms with van der Waals surface area (Å²) in [5.74, 6) is 0.508. The zero-order chi connectivity index (χ0) is 21.4. The summed E-state index contributed by atoms with van der Waals surface area (Å²) in [6.07, 6.45) is 1.43. The minimum absolute atomic E-state index is 0.0492. The molecular weight excluding hydrogens is 390 g/mol. The van der Waals surface area contributed by atoms with Gasteiger partial charge < -0.3 is 9.84 Å². The largest absolute Gasteiger partial charge is 0.466 e. The van der Waals surface area contributed by atoms with Crippen molar-refractivity contribution in [2.24, 2.45) is 0 Å². The topological polar surface area (TPSA) is 86.5 Å². The van der Waals surface area contributed by atoms with Gasteiger partial charge in [-0.25, -0.2) is 4.98 Å². The van der Waals surface area contributed by atoms with Crippen LogP contribution in [0.25, 0.3) is 22.4 Å². The second-order valence-corrected chi connectivity index (χ2v) is 7.95. The molecule has 0 spiro atoms. The number of anilines is 1. The maximum absolute atomic E-state index is 12.3. The van der Waals surface area contributed by atoms with Gasteiger partial charge in [-0.1, -0.05) is 54.6 Å². The van der Waals surface area contributed by atoms with Gasteiger partial charge in [0.1, 0.15) is 12.2 Å². The number of nitrogens with zero attached hydrogens (tertiary/aromatic N) is 3. The van der Waals surface area contributed by atoms with E-state index >= 15 is 0 Å². The van der Waals surface area contributed by atoms with Crippen LogP contribution in [0.2, 0.25) is 0 Å². The average molecular weight is 411 g/mol. The number of aliphatic hydroxyl groups excluding tert-OH is 1. The van der Waals surface area contributed by atoms with Crippen LogP contribution in [0.5, 0.6) is 5.88 Å². The van der Waals surface area contributed by atoms with E-state index in [1.165, 1.54) is 10.5 Å². The first kappa shape index (κ1) is 19.3. The van der Waals surface area contributed by atoms with Gasteiger partial charge in [-0.15, -0.1) is 0 Å². The molecule has 31 heavy (non-hydrogen) atoms. The van der Waals surface area contributed by atoms with Crippen LogP contribution >= 0.6 is 0 Å². The van der Waals surface area contributed by atoms with Crippen molar-refractivity contribution in [3.8, 4) is 34.3 Å². The van der Waals surface area contributed by atoms with E-state index in [-0.39, 0.29) is 25.2 Å². The molecule has 2 heterocycles. The van der Waals surface area contributed by atoms with Gasteiger partial charge >= 0.3 is 0 Å². The summed E-state index contributed by atoms with van der Waals surface area (Å²) >= 11 is 0. The second-order valence-electron chi connectivity index (χ2n) is 7.95. The highest BCUT2D eigenvalue weighted by Crippen LogP contribution is 2.41. The fourth-order valence-electron chi connectivity index (χ4n) is 4.20. The third kappa shape index (κ3) is 3.54. The molecule has 0 saturated heterocycles. The minimum Gasteiger partial charge on any atom is -0.466 e. The zero-order valence-corrected chi connectivity index (χ0v) is 16.9. The maximum Gasteiger partial charge on any atom is 0.266 e. The number of aliphatic hydroxyl groups is 1. The van der Waals surface area contributed by atoms with Gasteiger partial charge in [0.05, 0.1) is 17.9 Å². The van der Waals surface area contributed by atoms with Gasteiger partial charge in [-0.3, -0.25) is 9.69 Å². The lowest BCUT2D eigenvalue weighted by molar-refractivity contribution is -0.121. The number of amides is 1. The molecule has 154 valence electrons. The smallest absolute Gasteiger partial charge is 0.266 e. The van der Waals surface area contributed by atoms with E-state index in [1.54, 1.807) is 0 Å². The highest BCUT2D eigenvalue weighted by atomic mass is 16.5. The Kier molecular flexibility index (Phi) is 4.89. The third-order valence-electron chi connectivity index (χ3n) is 5.98. The number of aromatic nitrogens is 1. The van der Waals surface area contributed by atoms with Gasteiger partial charge in [-0.2, -0.15) is 5.26 Å². The molecule has 6 nitrogen and oxygen atoms in total. The number of rotatable bonds is 4. The molecule has 0 atom stereocenters. The molecule has 0 unspecified atom stereocenters. The number of benzene rings is 2. The summed E-state index contributed by atoms with van der Waals surface area (Å²) in [5.41, 5.74) is 5.27. The van der Waals surface area contributed by atoms with Crippen LogP contribution in [0.4, 0.5) is 5.69 Å². The van der Waals surface area contributed by atoms with Gasteiger partial charge in [0, 0.05) is 11.1 Å². The van der Waals surface area contributed by atoms with Crippen molar-refractivity contribution in [2.45, 2.75) is 24.9 Å². The normalized spacial score (nSPS) is 19.7. The van der Waals surface area contributed by atoms with Crippen molar-refractivity contribution in [1.29, 1.82) is 5.26 Å². The summed E-state index contributed by atoms with van der Waals surface area (Å²) in [6.45, 7) is -0.179. The predicted molar refractivity (Wildman–Crippen MR) is 117 cm³/mol. The van der Waals surface area contributed by atoms with E-state index in [1.807, 2.05) is 54.6 Å². The number of carbonyl (C=O) groups excluding carboxylic acids is 1. The number of hydrogen-bond acceptors (Lipinski definition) is 5. The Hall–Kier alpha value is -3.69. The van der Waals surface area contributed by atoms with Crippen LogP contribution in [0.1, 0.15) is 24.3 Å². The van der Waals surface area contributed by atoms with Crippen molar-refractivity contribution < 1.29 is 14.6 Å². The lowest BCUT2D eigenvalue weighted by atomic mass is 9.77. The molecule has 1 amide bonds. The lowest BCUT2D eigenvalue weighted by Gasteiger charge is -2.31. The van der Waals surface area contributed by atoms with Gasteiger partial charge in [-0.05, 0) is 36.0 Å². The highest BCUT2D eigenvalue weighted by Gasteiger charge is 2.30. The fraction of sp³-hybridized carbons (Fsp3) is 0.240. The summed E-state index contributed by atoms with van der Waals surface area (Å²) < 4.78 is 5.63. The van der Waals surface area contributed by atoms with Crippen molar-refractivity contribution in [1.82, 2.24) is 4.98 Å². The summed E-state index contributed by atoms with van der Waals surface area (Å²) in [4.78, 5) is 18.5. The highest BCUT2D eigenvalue weighted by molar-refractivity contribution is 5.99. The standard InChI is InChI=1S/C25H21N3O3/c26-10-11-28-22-14-21(17-4-2-1-3-5-17)24(27-25(22)31-15-23(28)30)18-8-6-16(7-9-18)19-12-20(29)13-19/h1-9,14,19-20,29H,11-13,15H2. The molecule has 1 saturated carbocycles. The first-order valence-electron chi connectivity index (χ1n) is 10.3. The maximum atomic E-state index is 12.3. The van der Waals surface area contributed by atoms with Crippen LogP contribution in [0, 0.1) is 11.3 Å². The predicted octanol–water partition coefficient (Wildman–Crippen LogP) is 3.90. The SMILES string of the molecule is N#CCN1C(=O)COc2nc(-c3ccc(C4CC(O)C4)cc3)c(-c3ccccc3)cc21. The van der Waals surface area contributed by atoms with E-state index < -0.39 is 0 Å². The monoisotopic (exact) mass is 411 g/mol. The van der Waals surface area contributed by atoms with Gasteiger partial charge in [0.25, 0.3) is 5.91 Å². The van der Waals surface area contributed by atoms with Crippen molar-refractivity contribution in [3.05, 3.63) is 66.2 Å². The van der Waals surface area contributed by atoms with E-state index in [2.05, 4.69) is 12.1 Å². The summed E-state index contributed by atoms with van der Waals surface area (Å²) in [5, 5.41) is 18.8. The van der Waals surface area contributed by atoms with Gasteiger partial charge in [0.2, 0.25) is 5.88 Å². The third-order valence-corrected chi connectivity index (χ3v) is 5.98. The Morgan fingerprint density at radius 3 is 2.52 bits per heavy atom. The molecule has 1 N–H and O–H groups in total. The fourth-order valence-corrected chi connectivity index (χ4v) is 4.20. The molecule has 2 aromatic carbocycles. The first-order chi connectivity index (χ1) is 15.1.